The lowest BCUT2D eigenvalue weighted by Gasteiger charge is -2.11. The van der Waals surface area contributed by atoms with Crippen molar-refractivity contribution in [2.24, 2.45) is 0 Å². The highest BCUT2D eigenvalue weighted by Crippen LogP contribution is 2.39. The molecule has 3 rings (SSSR count). The highest BCUT2D eigenvalue weighted by atomic mass is 32.2. The minimum absolute atomic E-state index is 0.207. The van der Waals surface area contributed by atoms with E-state index >= 15 is 0 Å². The van der Waals surface area contributed by atoms with Crippen molar-refractivity contribution in [3.05, 3.63) is 34.8 Å². The number of hydrogen-bond donors (Lipinski definition) is 1. The zero-order valence-electron chi connectivity index (χ0n) is 11.1. The van der Waals surface area contributed by atoms with Gasteiger partial charge in [-0.05, 0) is 24.1 Å². The van der Waals surface area contributed by atoms with E-state index in [-0.39, 0.29) is 5.78 Å². The summed E-state index contributed by atoms with van der Waals surface area (Å²) in [4.78, 5) is 21.7. The highest BCUT2D eigenvalue weighted by molar-refractivity contribution is 8.01. The first-order valence-corrected chi connectivity index (χ1v) is 8.61. The Labute approximate surface area is 134 Å². The van der Waals surface area contributed by atoms with Crippen LogP contribution in [0.5, 0.6) is 0 Å². The molecule has 0 unspecified atom stereocenters. The van der Waals surface area contributed by atoms with Crippen LogP contribution in [0.4, 0.5) is 5.69 Å². The number of ketones is 1. The lowest BCUT2D eigenvalue weighted by Crippen LogP contribution is -1.96. The number of aryl methyl sites for hydroxylation is 1. The van der Waals surface area contributed by atoms with Gasteiger partial charge in [-0.15, -0.1) is 15.7 Å². The zero-order valence-corrected chi connectivity index (χ0v) is 13.6. The second-order valence-corrected chi connectivity index (χ2v) is 6.94. The Morgan fingerprint density at radius 1 is 1.38 bits per heavy atom. The van der Waals surface area contributed by atoms with Gasteiger partial charge < -0.3 is 4.72 Å². The van der Waals surface area contributed by atoms with Crippen molar-refractivity contribution in [2.45, 2.75) is 22.1 Å². The number of fused-ring (bicyclic) bond motifs is 1. The number of Topliss-reactive ketones (excluding diaryl/α,β-unsaturated/α-hetero) is 1. The molecule has 1 heterocycles. The lowest BCUT2D eigenvalue weighted by molar-refractivity contribution is -0.159. The van der Waals surface area contributed by atoms with Crippen molar-refractivity contribution in [3.8, 4) is 0 Å². The minimum atomic E-state index is 0.207. The van der Waals surface area contributed by atoms with E-state index in [1.807, 2.05) is 17.5 Å². The second-order valence-electron chi connectivity index (χ2n) is 4.25. The molecule has 1 aliphatic carbocycles. The minimum Gasteiger partial charge on any atom is -0.303 e. The quantitative estimate of drug-likeness (QED) is 0.281. The van der Waals surface area contributed by atoms with Crippen LogP contribution < -0.4 is 4.72 Å². The van der Waals surface area contributed by atoms with E-state index in [2.05, 4.69) is 14.6 Å². The Bertz CT molecular complexity index is 646. The van der Waals surface area contributed by atoms with Gasteiger partial charge in [0.05, 0.1) is 12.8 Å². The van der Waals surface area contributed by atoms with E-state index in [1.54, 1.807) is 17.5 Å². The predicted molar refractivity (Wildman–Crippen MR) is 84.6 cm³/mol. The van der Waals surface area contributed by atoms with E-state index in [9.17, 15) is 4.79 Å². The Balaban J connectivity index is 1.90. The van der Waals surface area contributed by atoms with Crippen molar-refractivity contribution >= 4 is 46.8 Å². The van der Waals surface area contributed by atoms with Gasteiger partial charge in [-0.25, -0.2) is 9.87 Å². The molecular weight excluding hydrogens is 328 g/mol. The molecule has 1 N–H and O–H groups in total. The molecule has 2 aromatic rings. The fraction of sp³-hybridized carbons (Fsp3) is 0.231. The van der Waals surface area contributed by atoms with Crippen molar-refractivity contribution < 1.29 is 14.0 Å². The SMILES string of the molecule is COOSNc1cc2c(cc1Sc1nccs1)C(=O)CC2. The first-order valence-electron chi connectivity index (χ1n) is 6.17. The van der Waals surface area contributed by atoms with Gasteiger partial charge in [0.25, 0.3) is 0 Å². The number of benzene rings is 1. The number of nitrogens with zero attached hydrogens (tertiary/aromatic N) is 1. The topological polar surface area (TPSA) is 60.5 Å². The molecule has 1 aliphatic rings. The van der Waals surface area contributed by atoms with Gasteiger partial charge >= 0.3 is 0 Å². The van der Waals surface area contributed by atoms with E-state index in [0.29, 0.717) is 6.42 Å². The predicted octanol–water partition coefficient (Wildman–Crippen LogP) is 3.98. The molecule has 110 valence electrons. The number of carbonyl (C=O) groups excluding carboxylic acids is 1. The highest BCUT2D eigenvalue weighted by Gasteiger charge is 2.22. The largest absolute Gasteiger partial charge is 0.303 e. The van der Waals surface area contributed by atoms with Gasteiger partial charge in [0.2, 0.25) is 0 Å². The van der Waals surface area contributed by atoms with Crippen LogP contribution in [-0.2, 0) is 15.6 Å². The summed E-state index contributed by atoms with van der Waals surface area (Å²) in [6, 6.07) is 3.94. The number of aromatic nitrogens is 1. The standard InChI is InChI=1S/C13H12N2O3S3/c1-17-18-21-15-10-6-8-2-3-11(16)9(8)7-12(10)20-13-14-4-5-19-13/h4-7,15H,2-3H2,1H3. The molecule has 5 nitrogen and oxygen atoms in total. The molecule has 0 radical (unpaired) electrons. The Morgan fingerprint density at radius 2 is 2.29 bits per heavy atom. The maximum absolute atomic E-state index is 11.9. The number of anilines is 1. The van der Waals surface area contributed by atoms with Crippen molar-refractivity contribution in [1.29, 1.82) is 0 Å². The summed E-state index contributed by atoms with van der Waals surface area (Å²) >= 11 is 4.09. The fourth-order valence-electron chi connectivity index (χ4n) is 2.09. The van der Waals surface area contributed by atoms with Crippen LogP contribution in [0.25, 0.3) is 0 Å². The van der Waals surface area contributed by atoms with E-state index in [0.717, 1.165) is 44.7 Å². The molecule has 0 amide bonds. The summed E-state index contributed by atoms with van der Waals surface area (Å²) in [5.41, 5.74) is 2.78. The third-order valence-corrected chi connectivity index (χ3v) is 5.44. The Kier molecular flexibility index (Phi) is 4.81. The molecule has 0 saturated carbocycles. The van der Waals surface area contributed by atoms with Crippen LogP contribution in [0.3, 0.4) is 0 Å². The number of hydrogen-bond acceptors (Lipinski definition) is 8. The molecule has 0 spiro atoms. The molecule has 21 heavy (non-hydrogen) atoms. The maximum atomic E-state index is 11.9. The van der Waals surface area contributed by atoms with Crippen LogP contribution in [0.2, 0.25) is 0 Å². The molecule has 0 atom stereocenters. The summed E-state index contributed by atoms with van der Waals surface area (Å²) < 4.78 is 8.80. The van der Waals surface area contributed by atoms with Crippen LogP contribution in [0.1, 0.15) is 22.3 Å². The normalized spacial score (nSPS) is 13.5. The average Bonchev–Trinajstić information content (AvgIpc) is 3.11. The number of thiazole rings is 1. The Hall–Kier alpha value is -1.06. The van der Waals surface area contributed by atoms with E-state index in [4.69, 9.17) is 4.33 Å². The van der Waals surface area contributed by atoms with Gasteiger partial charge in [-0.2, -0.15) is 0 Å². The number of nitrogens with one attached hydrogen (secondary N) is 1. The number of rotatable bonds is 6. The monoisotopic (exact) mass is 340 g/mol. The molecule has 1 aromatic carbocycles. The van der Waals surface area contributed by atoms with Crippen LogP contribution in [0.15, 0.2) is 32.9 Å². The summed E-state index contributed by atoms with van der Waals surface area (Å²) in [7, 11) is 1.45. The van der Waals surface area contributed by atoms with Crippen LogP contribution >= 0.6 is 35.3 Å². The molecule has 1 aromatic heterocycles. The molecule has 8 heteroatoms. The summed E-state index contributed by atoms with van der Waals surface area (Å²) in [5, 5.41) is 1.93. The second kappa shape index (κ2) is 6.80. The summed E-state index contributed by atoms with van der Waals surface area (Å²) in [6.07, 6.45) is 3.14. The van der Waals surface area contributed by atoms with Crippen molar-refractivity contribution in [3.63, 3.8) is 0 Å². The van der Waals surface area contributed by atoms with Gasteiger partial charge in [-0.1, -0.05) is 11.8 Å². The first-order chi connectivity index (χ1) is 10.3. The molecule has 0 bridgehead atoms. The molecule has 0 fully saturated rings. The van der Waals surface area contributed by atoms with Crippen LogP contribution in [-0.4, -0.2) is 17.9 Å². The van der Waals surface area contributed by atoms with Crippen molar-refractivity contribution in [1.82, 2.24) is 4.98 Å². The summed E-state index contributed by atoms with van der Waals surface area (Å²) in [5.74, 6) is 0.207. The summed E-state index contributed by atoms with van der Waals surface area (Å²) in [6.45, 7) is 0. The van der Waals surface area contributed by atoms with Gasteiger partial charge in [0, 0.05) is 28.5 Å². The van der Waals surface area contributed by atoms with E-state index < -0.39 is 0 Å². The fourth-order valence-corrected chi connectivity index (χ4v) is 4.20. The third kappa shape index (κ3) is 3.41. The van der Waals surface area contributed by atoms with Gasteiger partial charge in [0.1, 0.15) is 12.2 Å². The molecule has 0 saturated heterocycles. The molecule has 0 aliphatic heterocycles. The zero-order chi connectivity index (χ0) is 14.7. The molecular formula is C13H12N2O3S3. The third-order valence-electron chi connectivity index (χ3n) is 2.99. The van der Waals surface area contributed by atoms with Gasteiger partial charge in [0.15, 0.2) is 10.1 Å². The number of carbonyl (C=O) groups is 1. The van der Waals surface area contributed by atoms with Gasteiger partial charge in [-0.3, -0.25) is 4.79 Å². The van der Waals surface area contributed by atoms with Crippen molar-refractivity contribution in [2.75, 3.05) is 11.8 Å². The Morgan fingerprint density at radius 3 is 3.05 bits per heavy atom. The maximum Gasteiger partial charge on any atom is 0.163 e. The average molecular weight is 340 g/mol. The van der Waals surface area contributed by atoms with E-state index in [1.165, 1.54) is 18.9 Å². The van der Waals surface area contributed by atoms with Crippen LogP contribution in [0, 0.1) is 0 Å². The first kappa shape index (κ1) is 14.9. The lowest BCUT2D eigenvalue weighted by atomic mass is 10.1. The smallest absolute Gasteiger partial charge is 0.163 e.